The van der Waals surface area contributed by atoms with Gasteiger partial charge in [-0.05, 0) is 18.7 Å². The van der Waals surface area contributed by atoms with Gasteiger partial charge in [0.25, 0.3) is 0 Å². The third-order valence-corrected chi connectivity index (χ3v) is 3.22. The number of nitrogens with one attached hydrogen (secondary N) is 1. The smallest absolute Gasteiger partial charge is 0.138 e. The van der Waals surface area contributed by atoms with Crippen LogP contribution in [0, 0.1) is 5.82 Å². The number of likely N-dealkylation sites (N-methyl/N-ethyl adjacent to an activating group) is 1. The maximum atomic E-state index is 14.2. The Morgan fingerprint density at radius 1 is 1.45 bits per heavy atom. The van der Waals surface area contributed by atoms with Gasteiger partial charge < -0.3 is 10.1 Å². The predicted molar refractivity (Wildman–Crippen MR) is 74.1 cm³/mol. The van der Waals surface area contributed by atoms with Crippen molar-refractivity contribution in [3.8, 4) is 5.75 Å². The van der Waals surface area contributed by atoms with Crippen molar-refractivity contribution in [2.45, 2.75) is 19.4 Å². The molecule has 1 atom stereocenters. The van der Waals surface area contributed by atoms with Crippen LogP contribution in [0.2, 0.25) is 0 Å². The standard InChI is InChI=1S/C14H19FN4O/c1-4-16-11(8-13-17-9-18-19(13)2)14-10(15)6-5-7-12(14)20-3/h5-7,9,11,16H,4,8H2,1-3H3. The van der Waals surface area contributed by atoms with Crippen molar-refractivity contribution < 1.29 is 9.13 Å². The Bertz CT molecular complexity index is 570. The van der Waals surface area contributed by atoms with E-state index in [4.69, 9.17) is 4.74 Å². The highest BCUT2D eigenvalue weighted by Crippen LogP contribution is 2.29. The van der Waals surface area contributed by atoms with E-state index >= 15 is 0 Å². The van der Waals surface area contributed by atoms with Crippen LogP contribution < -0.4 is 10.1 Å². The maximum Gasteiger partial charge on any atom is 0.138 e. The van der Waals surface area contributed by atoms with Gasteiger partial charge in [-0.2, -0.15) is 5.10 Å². The molecule has 0 amide bonds. The largest absolute Gasteiger partial charge is 0.496 e. The fourth-order valence-corrected chi connectivity index (χ4v) is 2.24. The highest BCUT2D eigenvalue weighted by molar-refractivity contribution is 5.37. The van der Waals surface area contributed by atoms with Crippen LogP contribution in [0.3, 0.4) is 0 Å². The van der Waals surface area contributed by atoms with Gasteiger partial charge >= 0.3 is 0 Å². The molecule has 20 heavy (non-hydrogen) atoms. The molecule has 0 aliphatic carbocycles. The highest BCUT2D eigenvalue weighted by Gasteiger charge is 2.21. The fraction of sp³-hybridized carbons (Fsp3) is 0.429. The molecule has 0 radical (unpaired) electrons. The van der Waals surface area contributed by atoms with E-state index in [1.807, 2.05) is 14.0 Å². The third-order valence-electron chi connectivity index (χ3n) is 3.22. The molecule has 1 aromatic carbocycles. The van der Waals surface area contributed by atoms with E-state index in [2.05, 4.69) is 15.4 Å². The number of ether oxygens (including phenoxy) is 1. The minimum absolute atomic E-state index is 0.209. The lowest BCUT2D eigenvalue weighted by Crippen LogP contribution is -2.25. The molecule has 0 spiro atoms. The van der Waals surface area contributed by atoms with Crippen LogP contribution in [0.15, 0.2) is 24.5 Å². The van der Waals surface area contributed by atoms with Crippen LogP contribution in [0.1, 0.15) is 24.4 Å². The minimum Gasteiger partial charge on any atom is -0.496 e. The molecule has 1 N–H and O–H groups in total. The lowest BCUT2D eigenvalue weighted by Gasteiger charge is -2.21. The van der Waals surface area contributed by atoms with Gasteiger partial charge in [0.15, 0.2) is 0 Å². The Labute approximate surface area is 117 Å². The molecule has 108 valence electrons. The third kappa shape index (κ3) is 2.96. The molecule has 0 saturated heterocycles. The summed E-state index contributed by atoms with van der Waals surface area (Å²) in [6, 6.07) is 4.64. The number of halogens is 1. The summed E-state index contributed by atoms with van der Waals surface area (Å²) in [7, 11) is 3.37. The first-order chi connectivity index (χ1) is 9.67. The Kier molecular flexibility index (Phi) is 4.68. The number of benzene rings is 1. The van der Waals surface area contributed by atoms with Crippen molar-refractivity contribution in [1.29, 1.82) is 0 Å². The van der Waals surface area contributed by atoms with Crippen molar-refractivity contribution in [2.24, 2.45) is 7.05 Å². The first-order valence-corrected chi connectivity index (χ1v) is 6.56. The van der Waals surface area contributed by atoms with Crippen LogP contribution in [-0.2, 0) is 13.5 Å². The monoisotopic (exact) mass is 278 g/mol. The van der Waals surface area contributed by atoms with Gasteiger partial charge in [-0.1, -0.05) is 13.0 Å². The van der Waals surface area contributed by atoms with E-state index in [-0.39, 0.29) is 11.9 Å². The zero-order valence-electron chi connectivity index (χ0n) is 11.9. The molecule has 5 nitrogen and oxygen atoms in total. The number of aryl methyl sites for hydroxylation is 1. The summed E-state index contributed by atoms with van der Waals surface area (Å²) in [5, 5.41) is 7.32. The number of rotatable bonds is 6. The lowest BCUT2D eigenvalue weighted by atomic mass is 10.0. The summed E-state index contributed by atoms with van der Waals surface area (Å²) < 4.78 is 21.1. The van der Waals surface area contributed by atoms with Gasteiger partial charge in [0.1, 0.15) is 23.7 Å². The van der Waals surface area contributed by atoms with Gasteiger partial charge in [-0.25, -0.2) is 9.37 Å². The molecular formula is C14H19FN4O. The Morgan fingerprint density at radius 3 is 2.85 bits per heavy atom. The number of aromatic nitrogens is 3. The molecule has 2 aromatic rings. The number of nitrogens with zero attached hydrogens (tertiary/aromatic N) is 3. The fourth-order valence-electron chi connectivity index (χ4n) is 2.24. The average molecular weight is 278 g/mol. The topological polar surface area (TPSA) is 52.0 Å². The Hall–Kier alpha value is -1.95. The molecule has 1 unspecified atom stereocenters. The van der Waals surface area contributed by atoms with Crippen molar-refractivity contribution in [2.75, 3.05) is 13.7 Å². The number of methoxy groups -OCH3 is 1. The van der Waals surface area contributed by atoms with Crippen LogP contribution >= 0.6 is 0 Å². The van der Waals surface area contributed by atoms with Crippen LogP contribution in [-0.4, -0.2) is 28.4 Å². The predicted octanol–water partition coefficient (Wildman–Crippen LogP) is 1.86. The van der Waals surface area contributed by atoms with Gasteiger partial charge in [-0.15, -0.1) is 0 Å². The number of hydrogen-bond acceptors (Lipinski definition) is 4. The maximum absolute atomic E-state index is 14.2. The molecule has 1 heterocycles. The second kappa shape index (κ2) is 6.47. The van der Waals surface area contributed by atoms with E-state index in [0.29, 0.717) is 17.7 Å². The van der Waals surface area contributed by atoms with Crippen molar-refractivity contribution in [3.63, 3.8) is 0 Å². The van der Waals surface area contributed by atoms with Crippen molar-refractivity contribution in [1.82, 2.24) is 20.1 Å². The molecule has 1 aromatic heterocycles. The summed E-state index contributed by atoms with van der Waals surface area (Å²) in [6.07, 6.45) is 2.04. The van der Waals surface area contributed by atoms with Gasteiger partial charge in [0.05, 0.1) is 7.11 Å². The molecule has 6 heteroatoms. The molecular weight excluding hydrogens is 259 g/mol. The zero-order chi connectivity index (χ0) is 14.5. The van der Waals surface area contributed by atoms with E-state index in [1.165, 1.54) is 12.4 Å². The van der Waals surface area contributed by atoms with E-state index in [0.717, 1.165) is 12.4 Å². The summed E-state index contributed by atoms with van der Waals surface area (Å²) in [6.45, 7) is 2.71. The van der Waals surface area contributed by atoms with E-state index < -0.39 is 0 Å². The first-order valence-electron chi connectivity index (χ1n) is 6.56. The summed E-state index contributed by atoms with van der Waals surface area (Å²) in [5.41, 5.74) is 0.528. The quantitative estimate of drug-likeness (QED) is 0.876. The van der Waals surface area contributed by atoms with Crippen LogP contribution in [0.25, 0.3) is 0 Å². The van der Waals surface area contributed by atoms with Crippen molar-refractivity contribution in [3.05, 3.63) is 41.7 Å². The van der Waals surface area contributed by atoms with Gasteiger partial charge in [0.2, 0.25) is 0 Å². The number of hydrogen-bond donors (Lipinski definition) is 1. The van der Waals surface area contributed by atoms with Gasteiger partial charge in [-0.3, -0.25) is 4.68 Å². The van der Waals surface area contributed by atoms with E-state index in [9.17, 15) is 4.39 Å². The second-order valence-corrected chi connectivity index (χ2v) is 4.47. The summed E-state index contributed by atoms with van der Waals surface area (Å²) >= 11 is 0. The molecule has 0 fully saturated rings. The molecule has 0 aliphatic heterocycles. The molecule has 0 aliphatic rings. The van der Waals surface area contributed by atoms with Gasteiger partial charge in [0, 0.05) is 25.1 Å². The van der Waals surface area contributed by atoms with Crippen molar-refractivity contribution >= 4 is 0 Å². The minimum atomic E-state index is -0.280. The van der Waals surface area contributed by atoms with E-state index in [1.54, 1.807) is 23.9 Å². The summed E-state index contributed by atoms with van der Waals surface area (Å²) in [5.74, 6) is 1.05. The molecule has 2 rings (SSSR count). The van der Waals surface area contributed by atoms with Crippen LogP contribution in [0.5, 0.6) is 5.75 Å². The second-order valence-electron chi connectivity index (χ2n) is 4.47. The lowest BCUT2D eigenvalue weighted by molar-refractivity contribution is 0.388. The average Bonchev–Trinajstić information content (AvgIpc) is 2.83. The first kappa shape index (κ1) is 14.5. The Morgan fingerprint density at radius 2 is 2.25 bits per heavy atom. The molecule has 0 bridgehead atoms. The highest BCUT2D eigenvalue weighted by atomic mass is 19.1. The normalized spacial score (nSPS) is 12.4. The SMILES string of the molecule is CCNC(Cc1ncnn1C)c1c(F)cccc1OC. The zero-order valence-corrected chi connectivity index (χ0v) is 11.9. The van der Waals surface area contributed by atoms with Crippen LogP contribution in [0.4, 0.5) is 4.39 Å². The summed E-state index contributed by atoms with van der Waals surface area (Å²) in [4.78, 5) is 4.20. The molecule has 0 saturated carbocycles. The Balaban J connectivity index is 2.36.